The number of fused-ring (bicyclic) bond motifs is 1. The number of nitrogens with zero attached hydrogens (tertiary/aromatic N) is 1. The molecule has 0 spiro atoms. The number of nitrogen functional groups attached to an aromatic ring is 1. The van der Waals surface area contributed by atoms with Crippen molar-refractivity contribution >= 4 is 22.5 Å². The molecule has 1 heterocycles. The number of anilines is 1. The molecule has 0 bridgehead atoms. The molecule has 6 nitrogen and oxygen atoms in total. The number of phenols is 1. The number of rotatable bonds is 3. The number of aromatic hydroxyl groups is 1. The van der Waals surface area contributed by atoms with Gasteiger partial charge in [-0.15, -0.1) is 0 Å². The van der Waals surface area contributed by atoms with E-state index in [2.05, 4.69) is 4.98 Å². The van der Waals surface area contributed by atoms with Gasteiger partial charge in [0.05, 0.1) is 18.3 Å². The van der Waals surface area contributed by atoms with Gasteiger partial charge in [0.1, 0.15) is 11.5 Å². The Balaban J connectivity index is 2.51. The normalized spacial score (nSPS) is 10.8. The van der Waals surface area contributed by atoms with Crippen LogP contribution in [0.4, 0.5) is 5.69 Å². The Morgan fingerprint density at radius 2 is 1.88 bits per heavy atom. The zero-order chi connectivity index (χ0) is 18.3. The highest BCUT2D eigenvalue weighted by atomic mass is 16.5. The fraction of sp³-hybridized carbons (Fsp3) is 0.158. The summed E-state index contributed by atoms with van der Waals surface area (Å²) in [5.74, 6) is 0.0496. The van der Waals surface area contributed by atoms with Crippen LogP contribution in [0, 0.1) is 13.8 Å². The van der Waals surface area contributed by atoms with Crippen LogP contribution >= 0.6 is 0 Å². The zero-order valence-corrected chi connectivity index (χ0v) is 14.3. The summed E-state index contributed by atoms with van der Waals surface area (Å²) in [6.45, 7) is 3.72. The van der Waals surface area contributed by atoms with E-state index < -0.39 is 5.91 Å². The molecule has 1 amide bonds. The van der Waals surface area contributed by atoms with Gasteiger partial charge in [0.2, 0.25) is 0 Å². The predicted molar refractivity (Wildman–Crippen MR) is 97.8 cm³/mol. The molecule has 0 aliphatic rings. The lowest BCUT2D eigenvalue weighted by atomic mass is 9.90. The molecule has 2 aromatic carbocycles. The highest BCUT2D eigenvalue weighted by Gasteiger charge is 2.21. The lowest BCUT2D eigenvalue weighted by Gasteiger charge is -2.18. The SMILES string of the molecule is COc1ccc2c(-c3c(C)ccc(O)c3C)c(N)c(C(N)=O)nc2c1. The number of methoxy groups -OCH3 is 1. The lowest BCUT2D eigenvalue weighted by Crippen LogP contribution is -2.17. The summed E-state index contributed by atoms with van der Waals surface area (Å²) in [5.41, 5.74) is 15.4. The fourth-order valence-corrected chi connectivity index (χ4v) is 3.06. The molecule has 0 aliphatic heterocycles. The van der Waals surface area contributed by atoms with Crippen LogP contribution in [0.2, 0.25) is 0 Å². The summed E-state index contributed by atoms with van der Waals surface area (Å²) in [4.78, 5) is 16.1. The second kappa shape index (κ2) is 5.98. The van der Waals surface area contributed by atoms with Gasteiger partial charge in [-0.2, -0.15) is 0 Å². The highest BCUT2D eigenvalue weighted by Crippen LogP contribution is 2.41. The van der Waals surface area contributed by atoms with Crippen molar-refractivity contribution in [2.24, 2.45) is 5.73 Å². The second-order valence-electron chi connectivity index (χ2n) is 5.90. The summed E-state index contributed by atoms with van der Waals surface area (Å²) in [6, 6.07) is 8.78. The minimum absolute atomic E-state index is 0.00195. The summed E-state index contributed by atoms with van der Waals surface area (Å²) in [5, 5.41) is 10.9. The molecule has 0 unspecified atom stereocenters. The topological polar surface area (TPSA) is 111 Å². The van der Waals surface area contributed by atoms with Gasteiger partial charge in [-0.25, -0.2) is 4.98 Å². The molecule has 5 N–H and O–H groups in total. The van der Waals surface area contributed by atoms with Crippen LogP contribution in [0.5, 0.6) is 11.5 Å². The van der Waals surface area contributed by atoms with E-state index in [0.29, 0.717) is 22.4 Å². The number of carbonyl (C=O) groups excluding carboxylic acids is 1. The van der Waals surface area contributed by atoms with Gasteiger partial charge >= 0.3 is 0 Å². The Labute approximate surface area is 145 Å². The third-order valence-corrected chi connectivity index (χ3v) is 4.36. The molecule has 0 aliphatic carbocycles. The monoisotopic (exact) mass is 337 g/mol. The van der Waals surface area contributed by atoms with Crippen LogP contribution in [0.3, 0.4) is 0 Å². The molecule has 3 aromatic rings. The van der Waals surface area contributed by atoms with E-state index in [4.69, 9.17) is 16.2 Å². The predicted octanol–water partition coefficient (Wildman–Crippen LogP) is 2.91. The number of benzene rings is 2. The number of nitrogens with two attached hydrogens (primary N) is 2. The van der Waals surface area contributed by atoms with Crippen molar-refractivity contribution in [1.82, 2.24) is 4.98 Å². The van der Waals surface area contributed by atoms with Crippen LogP contribution in [-0.2, 0) is 0 Å². The molecule has 0 radical (unpaired) electrons. The fourth-order valence-electron chi connectivity index (χ4n) is 3.06. The first-order valence-corrected chi connectivity index (χ1v) is 7.71. The number of aromatic nitrogens is 1. The first-order valence-electron chi connectivity index (χ1n) is 7.71. The first-order chi connectivity index (χ1) is 11.8. The van der Waals surface area contributed by atoms with Gasteiger partial charge in [0.25, 0.3) is 5.91 Å². The highest BCUT2D eigenvalue weighted by molar-refractivity contribution is 6.09. The number of primary amides is 1. The Morgan fingerprint density at radius 3 is 2.52 bits per heavy atom. The summed E-state index contributed by atoms with van der Waals surface area (Å²) >= 11 is 0. The Hall–Kier alpha value is -3.28. The molecule has 6 heteroatoms. The Bertz CT molecular complexity index is 1010. The van der Waals surface area contributed by atoms with Crippen LogP contribution in [0.1, 0.15) is 21.6 Å². The van der Waals surface area contributed by atoms with Crippen molar-refractivity contribution in [2.75, 3.05) is 12.8 Å². The minimum atomic E-state index is -0.709. The summed E-state index contributed by atoms with van der Waals surface area (Å²) in [6.07, 6.45) is 0. The molecule has 3 rings (SSSR count). The molecular formula is C19H19N3O3. The molecular weight excluding hydrogens is 318 g/mol. The number of ether oxygens (including phenoxy) is 1. The Kier molecular flexibility index (Phi) is 3.96. The number of pyridine rings is 1. The van der Waals surface area contributed by atoms with Crippen molar-refractivity contribution in [2.45, 2.75) is 13.8 Å². The summed E-state index contributed by atoms with van der Waals surface area (Å²) in [7, 11) is 1.55. The maximum Gasteiger partial charge on any atom is 0.269 e. The molecule has 0 atom stereocenters. The van der Waals surface area contributed by atoms with E-state index in [-0.39, 0.29) is 17.1 Å². The van der Waals surface area contributed by atoms with E-state index in [1.807, 2.05) is 13.0 Å². The standard InChI is InChI=1S/C19H19N3O3/c1-9-4-7-14(23)10(2)15(9)16-12-6-5-11(25-3)8-13(12)22-18(17(16)20)19(21)24/h4-8,23H,20H2,1-3H3,(H2,21,24). The molecule has 25 heavy (non-hydrogen) atoms. The largest absolute Gasteiger partial charge is 0.508 e. The Morgan fingerprint density at radius 1 is 1.16 bits per heavy atom. The van der Waals surface area contributed by atoms with Crippen LogP contribution < -0.4 is 16.2 Å². The number of aryl methyl sites for hydroxylation is 1. The summed E-state index contributed by atoms with van der Waals surface area (Å²) < 4.78 is 5.24. The van der Waals surface area contributed by atoms with Crippen molar-refractivity contribution in [3.63, 3.8) is 0 Å². The number of amides is 1. The maximum atomic E-state index is 11.8. The quantitative estimate of drug-likeness (QED) is 0.680. The van der Waals surface area contributed by atoms with E-state index in [0.717, 1.165) is 16.5 Å². The zero-order valence-electron chi connectivity index (χ0n) is 14.3. The molecule has 128 valence electrons. The minimum Gasteiger partial charge on any atom is -0.508 e. The van der Waals surface area contributed by atoms with Crippen LogP contribution in [0.15, 0.2) is 30.3 Å². The number of hydrogen-bond acceptors (Lipinski definition) is 5. The van der Waals surface area contributed by atoms with Gasteiger partial charge in [0, 0.05) is 17.0 Å². The number of phenolic OH excluding ortho intramolecular Hbond substituents is 1. The van der Waals surface area contributed by atoms with Crippen LogP contribution in [0.25, 0.3) is 22.0 Å². The van der Waals surface area contributed by atoms with Gasteiger partial charge in [-0.1, -0.05) is 6.07 Å². The van der Waals surface area contributed by atoms with Gasteiger partial charge in [-0.3, -0.25) is 4.79 Å². The van der Waals surface area contributed by atoms with E-state index in [1.165, 1.54) is 0 Å². The van der Waals surface area contributed by atoms with Gasteiger partial charge < -0.3 is 21.3 Å². The van der Waals surface area contributed by atoms with Gasteiger partial charge in [-0.05, 0) is 48.7 Å². The average Bonchev–Trinajstić information content (AvgIpc) is 2.59. The van der Waals surface area contributed by atoms with Crippen molar-refractivity contribution in [3.05, 3.63) is 47.2 Å². The third-order valence-electron chi connectivity index (χ3n) is 4.36. The van der Waals surface area contributed by atoms with Gasteiger partial charge in [0.15, 0.2) is 5.69 Å². The second-order valence-corrected chi connectivity index (χ2v) is 5.90. The molecule has 1 aromatic heterocycles. The van der Waals surface area contributed by atoms with Crippen LogP contribution in [-0.4, -0.2) is 23.1 Å². The van der Waals surface area contributed by atoms with E-state index in [1.54, 1.807) is 38.3 Å². The maximum absolute atomic E-state index is 11.8. The smallest absolute Gasteiger partial charge is 0.269 e. The third kappa shape index (κ3) is 2.61. The molecule has 0 fully saturated rings. The van der Waals surface area contributed by atoms with Crippen molar-refractivity contribution in [3.8, 4) is 22.6 Å². The first kappa shape index (κ1) is 16.6. The number of carbonyl (C=O) groups is 1. The number of hydrogen-bond donors (Lipinski definition) is 3. The average molecular weight is 337 g/mol. The van der Waals surface area contributed by atoms with Crippen molar-refractivity contribution in [1.29, 1.82) is 0 Å². The molecule has 0 saturated heterocycles. The molecule has 0 saturated carbocycles. The van der Waals surface area contributed by atoms with Crippen molar-refractivity contribution < 1.29 is 14.6 Å². The van der Waals surface area contributed by atoms with E-state index in [9.17, 15) is 9.90 Å². The lowest BCUT2D eigenvalue weighted by molar-refractivity contribution is 0.0997. The van der Waals surface area contributed by atoms with E-state index >= 15 is 0 Å².